The van der Waals surface area contributed by atoms with Crippen molar-refractivity contribution in [2.45, 2.75) is 12.8 Å². The second-order valence-electron chi connectivity index (χ2n) is 2.21. The Morgan fingerprint density at radius 3 is 2.67 bits per heavy atom. The first-order valence-corrected chi connectivity index (χ1v) is 3.19. The topological polar surface area (TPSA) is 41.8 Å². The highest BCUT2D eigenvalue weighted by Crippen LogP contribution is 2.11. The van der Waals surface area contributed by atoms with Gasteiger partial charge >= 0.3 is 0 Å². The van der Waals surface area contributed by atoms with Crippen molar-refractivity contribution in [3.05, 3.63) is 0 Å². The highest BCUT2D eigenvalue weighted by molar-refractivity contribution is 5.59. The molecule has 0 spiro atoms. The molecule has 0 saturated carbocycles. The average Bonchev–Trinajstić information content (AvgIpc) is 1.91. The maximum Gasteiger partial charge on any atom is 0.0472 e. The third kappa shape index (κ3) is 2.01. The summed E-state index contributed by atoms with van der Waals surface area (Å²) >= 11 is 0. The van der Waals surface area contributed by atoms with Gasteiger partial charge in [-0.15, -0.1) is 5.16 Å². The van der Waals surface area contributed by atoms with Crippen molar-refractivity contribution in [1.29, 1.82) is 0 Å². The van der Waals surface area contributed by atoms with E-state index >= 15 is 0 Å². The van der Waals surface area contributed by atoms with Crippen molar-refractivity contribution < 1.29 is 9.94 Å². The predicted molar refractivity (Wildman–Crippen MR) is 33.8 cm³/mol. The molecule has 52 valence electrons. The largest absolute Gasteiger partial charge is 0.411 e. The highest BCUT2D eigenvalue weighted by Gasteiger charge is 2.10. The molecule has 0 aromatic carbocycles. The first-order chi connectivity index (χ1) is 4.43. The summed E-state index contributed by atoms with van der Waals surface area (Å²) in [5.41, 5.74) is 0. The zero-order valence-electron chi connectivity index (χ0n) is 5.29. The highest BCUT2D eigenvalue weighted by atomic mass is 16.5. The summed E-state index contributed by atoms with van der Waals surface area (Å²) in [4.78, 5) is 0. The van der Waals surface area contributed by atoms with E-state index in [0.717, 1.165) is 26.1 Å². The van der Waals surface area contributed by atoms with Gasteiger partial charge in [-0.2, -0.15) is 0 Å². The quantitative estimate of drug-likeness (QED) is 0.324. The summed E-state index contributed by atoms with van der Waals surface area (Å²) in [6.45, 7) is 1.60. The molecule has 0 atom stereocenters. The van der Waals surface area contributed by atoms with E-state index in [1.54, 1.807) is 6.21 Å². The molecule has 1 fully saturated rings. The molecule has 1 aliphatic heterocycles. The zero-order valence-corrected chi connectivity index (χ0v) is 5.29. The summed E-state index contributed by atoms with van der Waals surface area (Å²) in [7, 11) is 0. The van der Waals surface area contributed by atoms with Crippen LogP contribution in [0.5, 0.6) is 0 Å². The minimum absolute atomic E-state index is 0.434. The molecular weight excluding hydrogens is 118 g/mol. The van der Waals surface area contributed by atoms with Crippen LogP contribution in [-0.4, -0.2) is 24.6 Å². The van der Waals surface area contributed by atoms with Gasteiger partial charge in [0.2, 0.25) is 0 Å². The van der Waals surface area contributed by atoms with Crippen LogP contribution in [-0.2, 0) is 4.74 Å². The van der Waals surface area contributed by atoms with Crippen molar-refractivity contribution in [2.75, 3.05) is 13.2 Å². The Morgan fingerprint density at radius 2 is 2.11 bits per heavy atom. The Kier molecular flexibility index (Phi) is 2.51. The number of hydrogen-bond donors (Lipinski definition) is 1. The second-order valence-corrected chi connectivity index (χ2v) is 2.21. The normalized spacial score (nSPS) is 23.1. The molecule has 0 aliphatic carbocycles. The SMILES string of the molecule is O/N=C/C1CCOCC1. The summed E-state index contributed by atoms with van der Waals surface area (Å²) in [5.74, 6) is 0.434. The van der Waals surface area contributed by atoms with Crippen LogP contribution in [0.1, 0.15) is 12.8 Å². The molecule has 3 heteroatoms. The monoisotopic (exact) mass is 129 g/mol. The number of nitrogens with zero attached hydrogens (tertiary/aromatic N) is 1. The van der Waals surface area contributed by atoms with Gasteiger partial charge in [0.05, 0.1) is 0 Å². The van der Waals surface area contributed by atoms with E-state index in [4.69, 9.17) is 9.94 Å². The van der Waals surface area contributed by atoms with Crippen molar-refractivity contribution in [1.82, 2.24) is 0 Å². The van der Waals surface area contributed by atoms with Crippen LogP contribution in [0, 0.1) is 5.92 Å². The van der Waals surface area contributed by atoms with Gasteiger partial charge in [-0.25, -0.2) is 0 Å². The van der Waals surface area contributed by atoms with Gasteiger partial charge in [0.25, 0.3) is 0 Å². The molecule has 1 N–H and O–H groups in total. The van der Waals surface area contributed by atoms with E-state index in [1.807, 2.05) is 0 Å². The number of ether oxygens (including phenoxy) is 1. The number of oxime groups is 1. The third-order valence-corrected chi connectivity index (χ3v) is 1.54. The Labute approximate surface area is 54.3 Å². The van der Waals surface area contributed by atoms with Gasteiger partial charge in [0.1, 0.15) is 0 Å². The van der Waals surface area contributed by atoms with Crippen LogP contribution >= 0.6 is 0 Å². The van der Waals surface area contributed by atoms with Gasteiger partial charge < -0.3 is 9.94 Å². The Morgan fingerprint density at radius 1 is 1.44 bits per heavy atom. The molecule has 0 amide bonds. The molecule has 0 unspecified atom stereocenters. The molecule has 3 nitrogen and oxygen atoms in total. The molecule has 1 aliphatic rings. The lowest BCUT2D eigenvalue weighted by molar-refractivity contribution is 0.0832. The van der Waals surface area contributed by atoms with Crippen LogP contribution in [0.2, 0.25) is 0 Å². The van der Waals surface area contributed by atoms with Gasteiger partial charge in [0, 0.05) is 25.3 Å². The van der Waals surface area contributed by atoms with Crippen molar-refractivity contribution in [2.24, 2.45) is 11.1 Å². The standard InChI is InChI=1S/C6H11NO2/c8-7-5-6-1-3-9-4-2-6/h5-6,8H,1-4H2/b7-5+. The summed E-state index contributed by atoms with van der Waals surface area (Å²) < 4.78 is 5.10. The Balaban J connectivity index is 2.23. The van der Waals surface area contributed by atoms with E-state index in [-0.39, 0.29) is 0 Å². The fourth-order valence-corrected chi connectivity index (χ4v) is 0.959. The molecule has 9 heavy (non-hydrogen) atoms. The molecular formula is C6H11NO2. The van der Waals surface area contributed by atoms with Crippen LogP contribution in [0.15, 0.2) is 5.16 Å². The molecule has 1 saturated heterocycles. The summed E-state index contributed by atoms with van der Waals surface area (Å²) in [6.07, 6.45) is 3.57. The average molecular weight is 129 g/mol. The van der Waals surface area contributed by atoms with E-state index in [9.17, 15) is 0 Å². The predicted octanol–water partition coefficient (Wildman–Crippen LogP) is 0.873. The third-order valence-electron chi connectivity index (χ3n) is 1.54. The van der Waals surface area contributed by atoms with Crippen LogP contribution < -0.4 is 0 Å². The van der Waals surface area contributed by atoms with E-state index in [0.29, 0.717) is 5.92 Å². The minimum Gasteiger partial charge on any atom is -0.411 e. The lowest BCUT2D eigenvalue weighted by atomic mass is 10.0. The Bertz CT molecular complexity index is 97.2. The first-order valence-electron chi connectivity index (χ1n) is 3.19. The van der Waals surface area contributed by atoms with Crippen LogP contribution in [0.4, 0.5) is 0 Å². The molecule has 1 heterocycles. The van der Waals surface area contributed by atoms with Gasteiger partial charge in [0.15, 0.2) is 0 Å². The minimum atomic E-state index is 0.434. The van der Waals surface area contributed by atoms with Crippen LogP contribution in [0.3, 0.4) is 0 Å². The summed E-state index contributed by atoms with van der Waals surface area (Å²) in [5, 5.41) is 11.1. The molecule has 0 aromatic heterocycles. The summed E-state index contributed by atoms with van der Waals surface area (Å²) in [6, 6.07) is 0. The fraction of sp³-hybridized carbons (Fsp3) is 0.833. The van der Waals surface area contributed by atoms with Crippen molar-refractivity contribution in [3.8, 4) is 0 Å². The first kappa shape index (κ1) is 6.55. The lowest BCUT2D eigenvalue weighted by Gasteiger charge is -2.16. The zero-order chi connectivity index (χ0) is 6.53. The molecule has 1 rings (SSSR count). The van der Waals surface area contributed by atoms with Crippen LogP contribution in [0.25, 0.3) is 0 Å². The number of rotatable bonds is 1. The van der Waals surface area contributed by atoms with Gasteiger partial charge in [-0.3, -0.25) is 0 Å². The molecule has 0 radical (unpaired) electrons. The van der Waals surface area contributed by atoms with E-state index in [1.165, 1.54) is 0 Å². The maximum absolute atomic E-state index is 8.15. The smallest absolute Gasteiger partial charge is 0.0472 e. The van der Waals surface area contributed by atoms with Gasteiger partial charge in [-0.1, -0.05) is 0 Å². The Hall–Kier alpha value is -0.570. The lowest BCUT2D eigenvalue weighted by Crippen LogP contribution is -2.16. The molecule has 0 aromatic rings. The molecule has 0 bridgehead atoms. The second kappa shape index (κ2) is 3.45. The van der Waals surface area contributed by atoms with E-state index in [2.05, 4.69) is 5.16 Å². The van der Waals surface area contributed by atoms with Crippen molar-refractivity contribution in [3.63, 3.8) is 0 Å². The van der Waals surface area contributed by atoms with Gasteiger partial charge in [-0.05, 0) is 12.8 Å². The maximum atomic E-state index is 8.15. The van der Waals surface area contributed by atoms with E-state index < -0.39 is 0 Å². The van der Waals surface area contributed by atoms with Crippen molar-refractivity contribution >= 4 is 6.21 Å². The fourth-order valence-electron chi connectivity index (χ4n) is 0.959. The number of hydrogen-bond acceptors (Lipinski definition) is 3.